The third kappa shape index (κ3) is 2.25. The third-order valence-electron chi connectivity index (χ3n) is 2.55. The largest absolute Gasteiger partial charge is 0.347 e. The topological polar surface area (TPSA) is 76.7 Å². The Kier molecular flexibility index (Phi) is 3.31. The number of aromatic amines is 1. The average Bonchev–Trinajstić information content (AvgIpc) is 2.71. The van der Waals surface area contributed by atoms with Crippen molar-refractivity contribution in [1.29, 1.82) is 0 Å². The van der Waals surface area contributed by atoms with Crippen LogP contribution in [0.2, 0.25) is 5.02 Å². The molecule has 0 aliphatic rings. The summed E-state index contributed by atoms with van der Waals surface area (Å²) in [5.41, 5.74) is 6.31. The van der Waals surface area contributed by atoms with Crippen molar-refractivity contribution < 1.29 is 0 Å². The lowest BCUT2D eigenvalue weighted by molar-refractivity contribution is 0.631. The zero-order valence-electron chi connectivity index (χ0n) is 9.35. The second-order valence-corrected chi connectivity index (χ2v) is 4.15. The number of aromatic nitrogens is 3. The second-order valence-electron chi connectivity index (χ2n) is 3.71. The number of hydrogen-bond acceptors (Lipinski definition) is 3. The lowest BCUT2D eigenvalue weighted by Crippen LogP contribution is -2.21. The zero-order chi connectivity index (χ0) is 12.4. The lowest BCUT2D eigenvalue weighted by atomic mass is 10.2. The molecule has 1 aromatic heterocycles. The quantitative estimate of drug-likeness (QED) is 0.872. The minimum atomic E-state index is -0.300. The van der Waals surface area contributed by atoms with E-state index in [1.165, 1.54) is 4.57 Å². The fourth-order valence-electron chi connectivity index (χ4n) is 1.58. The van der Waals surface area contributed by atoms with Crippen molar-refractivity contribution in [1.82, 2.24) is 14.8 Å². The van der Waals surface area contributed by atoms with Crippen molar-refractivity contribution in [2.45, 2.75) is 19.4 Å². The standard InChI is InChI=1S/C11H13ClN4O/c1-2-9(13)10-14-15-11(17)16(10)8-5-3-7(12)4-6-8/h3-6,9H,2,13H2,1H3,(H,15,17)/t9-/m0/s1. The molecule has 0 saturated carbocycles. The molecule has 0 radical (unpaired) electrons. The number of rotatable bonds is 3. The number of nitrogens with one attached hydrogen (secondary N) is 1. The van der Waals surface area contributed by atoms with Gasteiger partial charge in [-0.15, -0.1) is 0 Å². The molecule has 0 spiro atoms. The number of hydrogen-bond donors (Lipinski definition) is 2. The van der Waals surface area contributed by atoms with Crippen LogP contribution in [0.4, 0.5) is 0 Å². The van der Waals surface area contributed by atoms with E-state index in [4.69, 9.17) is 17.3 Å². The molecule has 0 amide bonds. The minimum absolute atomic E-state index is 0.273. The summed E-state index contributed by atoms with van der Waals surface area (Å²) in [7, 11) is 0. The van der Waals surface area contributed by atoms with Crippen molar-refractivity contribution in [2.24, 2.45) is 5.73 Å². The fraction of sp³-hybridized carbons (Fsp3) is 0.273. The van der Waals surface area contributed by atoms with E-state index in [1.807, 2.05) is 6.92 Å². The maximum atomic E-state index is 11.7. The van der Waals surface area contributed by atoms with Crippen LogP contribution < -0.4 is 11.4 Å². The Labute approximate surface area is 103 Å². The van der Waals surface area contributed by atoms with Crippen LogP contribution in [0.25, 0.3) is 5.69 Å². The molecule has 17 heavy (non-hydrogen) atoms. The minimum Gasteiger partial charge on any atom is -0.321 e. The van der Waals surface area contributed by atoms with Gasteiger partial charge in [0, 0.05) is 5.02 Å². The first-order valence-corrected chi connectivity index (χ1v) is 5.70. The van der Waals surface area contributed by atoms with Gasteiger partial charge in [0.1, 0.15) is 0 Å². The van der Waals surface area contributed by atoms with E-state index in [2.05, 4.69) is 10.2 Å². The van der Waals surface area contributed by atoms with Crippen LogP contribution in [0.15, 0.2) is 29.1 Å². The smallest absolute Gasteiger partial charge is 0.321 e. The van der Waals surface area contributed by atoms with Gasteiger partial charge in [-0.3, -0.25) is 0 Å². The number of nitrogens with two attached hydrogens (primary N) is 1. The molecule has 0 bridgehead atoms. The highest BCUT2D eigenvalue weighted by molar-refractivity contribution is 6.30. The van der Waals surface area contributed by atoms with Gasteiger partial charge in [-0.25, -0.2) is 14.5 Å². The lowest BCUT2D eigenvalue weighted by Gasteiger charge is -2.10. The molecule has 1 aromatic carbocycles. The summed E-state index contributed by atoms with van der Waals surface area (Å²) in [6.07, 6.45) is 0.706. The fourth-order valence-corrected chi connectivity index (χ4v) is 1.71. The van der Waals surface area contributed by atoms with E-state index >= 15 is 0 Å². The first kappa shape index (κ1) is 11.9. The first-order chi connectivity index (χ1) is 8.13. The summed E-state index contributed by atoms with van der Waals surface area (Å²) in [6.45, 7) is 1.94. The highest BCUT2D eigenvalue weighted by Gasteiger charge is 2.15. The molecule has 0 unspecified atom stereocenters. The molecule has 6 heteroatoms. The Bertz CT molecular complexity index is 558. The molecule has 90 valence electrons. The van der Waals surface area contributed by atoms with E-state index in [1.54, 1.807) is 24.3 Å². The van der Waals surface area contributed by atoms with Crippen LogP contribution in [0.1, 0.15) is 25.2 Å². The maximum Gasteiger partial charge on any atom is 0.347 e. The predicted molar refractivity (Wildman–Crippen MR) is 66.4 cm³/mol. The summed E-state index contributed by atoms with van der Waals surface area (Å²) in [6, 6.07) is 6.68. The van der Waals surface area contributed by atoms with Crippen molar-refractivity contribution >= 4 is 11.6 Å². The molecule has 2 rings (SSSR count). The van der Waals surface area contributed by atoms with Gasteiger partial charge in [-0.05, 0) is 30.7 Å². The highest BCUT2D eigenvalue weighted by Crippen LogP contribution is 2.16. The molecule has 1 heterocycles. The number of halogens is 1. The van der Waals surface area contributed by atoms with Gasteiger partial charge in [-0.1, -0.05) is 18.5 Å². The van der Waals surface area contributed by atoms with Crippen LogP contribution in [0, 0.1) is 0 Å². The highest BCUT2D eigenvalue weighted by atomic mass is 35.5. The molecular formula is C11H13ClN4O. The molecule has 1 atom stereocenters. The molecule has 5 nitrogen and oxygen atoms in total. The van der Waals surface area contributed by atoms with E-state index in [0.29, 0.717) is 23.0 Å². The van der Waals surface area contributed by atoms with Crippen molar-refractivity contribution in [2.75, 3.05) is 0 Å². The van der Waals surface area contributed by atoms with Crippen molar-refractivity contribution in [3.8, 4) is 5.69 Å². The molecule has 2 aromatic rings. The number of nitrogens with zero attached hydrogens (tertiary/aromatic N) is 2. The Morgan fingerprint density at radius 2 is 2.12 bits per heavy atom. The first-order valence-electron chi connectivity index (χ1n) is 5.32. The Balaban J connectivity index is 2.54. The van der Waals surface area contributed by atoms with E-state index < -0.39 is 0 Å². The molecule has 0 saturated heterocycles. The van der Waals surface area contributed by atoms with E-state index in [0.717, 1.165) is 0 Å². The summed E-state index contributed by atoms with van der Waals surface area (Å²) in [5.74, 6) is 0.528. The molecule has 3 N–H and O–H groups in total. The second kappa shape index (κ2) is 4.73. The van der Waals surface area contributed by atoms with Crippen LogP contribution in [-0.2, 0) is 0 Å². The van der Waals surface area contributed by atoms with Gasteiger partial charge in [0.05, 0.1) is 11.7 Å². The molecular weight excluding hydrogens is 240 g/mol. The van der Waals surface area contributed by atoms with Gasteiger partial charge in [0.2, 0.25) is 0 Å². The summed E-state index contributed by atoms with van der Waals surface area (Å²) in [4.78, 5) is 11.7. The van der Waals surface area contributed by atoms with Crippen molar-refractivity contribution in [3.63, 3.8) is 0 Å². The Hall–Kier alpha value is -1.59. The summed E-state index contributed by atoms with van der Waals surface area (Å²) < 4.78 is 1.46. The van der Waals surface area contributed by atoms with Gasteiger partial charge in [-0.2, -0.15) is 5.10 Å². The number of benzene rings is 1. The van der Waals surface area contributed by atoms with Crippen LogP contribution in [0.3, 0.4) is 0 Å². The average molecular weight is 253 g/mol. The third-order valence-corrected chi connectivity index (χ3v) is 2.81. The molecule has 0 aliphatic carbocycles. The van der Waals surface area contributed by atoms with Crippen molar-refractivity contribution in [3.05, 3.63) is 45.6 Å². The molecule has 0 aliphatic heterocycles. The van der Waals surface area contributed by atoms with Crippen LogP contribution >= 0.6 is 11.6 Å². The Morgan fingerprint density at radius 3 is 2.71 bits per heavy atom. The Morgan fingerprint density at radius 1 is 1.47 bits per heavy atom. The number of H-pyrrole nitrogens is 1. The van der Waals surface area contributed by atoms with Crippen LogP contribution in [-0.4, -0.2) is 14.8 Å². The maximum absolute atomic E-state index is 11.7. The van der Waals surface area contributed by atoms with Gasteiger partial charge in [0.25, 0.3) is 0 Å². The monoisotopic (exact) mass is 252 g/mol. The normalized spacial score (nSPS) is 12.6. The molecule has 0 fully saturated rings. The van der Waals surface area contributed by atoms with Crippen LogP contribution in [0.5, 0.6) is 0 Å². The summed E-state index contributed by atoms with van der Waals surface area (Å²) >= 11 is 5.81. The van der Waals surface area contributed by atoms with Gasteiger partial charge < -0.3 is 5.73 Å². The van der Waals surface area contributed by atoms with Gasteiger partial charge >= 0.3 is 5.69 Å². The van der Waals surface area contributed by atoms with Gasteiger partial charge in [0.15, 0.2) is 5.82 Å². The summed E-state index contributed by atoms with van der Waals surface area (Å²) in [5, 5.41) is 6.98. The predicted octanol–water partition coefficient (Wildman–Crippen LogP) is 1.62. The SMILES string of the molecule is CC[C@H](N)c1n[nH]c(=O)n1-c1ccc(Cl)cc1. The van der Waals surface area contributed by atoms with E-state index in [-0.39, 0.29) is 11.7 Å². The zero-order valence-corrected chi connectivity index (χ0v) is 10.1. The van der Waals surface area contributed by atoms with E-state index in [9.17, 15) is 4.79 Å².